The number of hydrogen-bond acceptors (Lipinski definition) is 1. The second-order valence-corrected chi connectivity index (χ2v) is 3.28. The van der Waals surface area contributed by atoms with Crippen LogP contribution in [-0.2, 0) is 0 Å². The second kappa shape index (κ2) is 4.80. The fourth-order valence-corrected chi connectivity index (χ4v) is 1.65. The van der Waals surface area contributed by atoms with E-state index >= 15 is 0 Å². The molecule has 0 saturated carbocycles. The van der Waals surface area contributed by atoms with Crippen molar-refractivity contribution in [1.82, 2.24) is 0 Å². The van der Waals surface area contributed by atoms with E-state index in [9.17, 15) is 4.39 Å². The van der Waals surface area contributed by atoms with Crippen molar-refractivity contribution in [3.05, 3.63) is 34.1 Å². The summed E-state index contributed by atoms with van der Waals surface area (Å²) in [4.78, 5) is 0. The zero-order chi connectivity index (χ0) is 8.43. The van der Waals surface area contributed by atoms with Gasteiger partial charge in [0.2, 0.25) is 0 Å². The summed E-state index contributed by atoms with van der Waals surface area (Å²) in [6, 6.07) is 4.56. The van der Waals surface area contributed by atoms with Gasteiger partial charge in [0.25, 0.3) is 0 Å². The Labute approximate surface area is 85.7 Å². The lowest BCUT2D eigenvalue weighted by molar-refractivity contribution is 0.592. The first-order chi connectivity index (χ1) is 5.13. The van der Waals surface area contributed by atoms with Crippen LogP contribution in [0.25, 0.3) is 0 Å². The molecule has 1 aromatic rings. The van der Waals surface area contributed by atoms with Crippen molar-refractivity contribution in [1.29, 1.82) is 0 Å². The molecule has 0 spiro atoms. The highest BCUT2D eigenvalue weighted by Crippen LogP contribution is 2.24. The molecule has 1 nitrogen and oxygen atoms in total. The lowest BCUT2D eigenvalue weighted by atomic mass is 10.1. The molecule has 4 heteroatoms. The van der Waals surface area contributed by atoms with Crippen LogP contribution in [0.1, 0.15) is 18.5 Å². The van der Waals surface area contributed by atoms with Crippen molar-refractivity contribution in [2.75, 3.05) is 0 Å². The summed E-state index contributed by atoms with van der Waals surface area (Å²) in [7, 11) is 0. The van der Waals surface area contributed by atoms with E-state index in [2.05, 4.69) is 15.9 Å². The Balaban J connectivity index is 0.00000121. The van der Waals surface area contributed by atoms with Gasteiger partial charge in [-0.3, -0.25) is 0 Å². The molecular formula is C8H10BrClFN. The van der Waals surface area contributed by atoms with Gasteiger partial charge in [-0.1, -0.05) is 22.0 Å². The van der Waals surface area contributed by atoms with Gasteiger partial charge < -0.3 is 5.73 Å². The number of hydrogen-bond donors (Lipinski definition) is 1. The van der Waals surface area contributed by atoms with Gasteiger partial charge in [-0.05, 0) is 19.1 Å². The summed E-state index contributed by atoms with van der Waals surface area (Å²) in [5.74, 6) is -0.255. The van der Waals surface area contributed by atoms with Crippen LogP contribution in [0.15, 0.2) is 22.7 Å². The predicted octanol–water partition coefficient (Wildman–Crippen LogP) is 3.03. The van der Waals surface area contributed by atoms with Crippen molar-refractivity contribution in [2.45, 2.75) is 13.0 Å². The van der Waals surface area contributed by atoms with Crippen LogP contribution in [0.2, 0.25) is 0 Å². The smallest absolute Gasteiger partial charge is 0.129 e. The third-order valence-electron chi connectivity index (χ3n) is 1.46. The fraction of sp³-hybridized carbons (Fsp3) is 0.250. The van der Waals surface area contributed by atoms with Gasteiger partial charge in [0.1, 0.15) is 5.82 Å². The third kappa shape index (κ3) is 2.44. The molecule has 0 radical (unpaired) electrons. The minimum atomic E-state index is -0.273. The first kappa shape index (κ1) is 11.9. The summed E-state index contributed by atoms with van der Waals surface area (Å²) >= 11 is 3.23. The number of halogens is 3. The molecule has 1 rings (SSSR count). The normalized spacial score (nSPS) is 12.0. The minimum Gasteiger partial charge on any atom is -0.324 e. The van der Waals surface area contributed by atoms with Crippen molar-refractivity contribution in [3.8, 4) is 0 Å². The van der Waals surface area contributed by atoms with E-state index in [0.29, 0.717) is 5.56 Å². The van der Waals surface area contributed by atoms with E-state index in [1.807, 2.05) is 0 Å². The van der Waals surface area contributed by atoms with Gasteiger partial charge in [0, 0.05) is 16.1 Å². The van der Waals surface area contributed by atoms with E-state index in [4.69, 9.17) is 5.73 Å². The Morgan fingerprint density at radius 2 is 2.08 bits per heavy atom. The van der Waals surface area contributed by atoms with Gasteiger partial charge in [0.15, 0.2) is 0 Å². The Hall–Kier alpha value is -0.120. The van der Waals surface area contributed by atoms with Gasteiger partial charge >= 0.3 is 0 Å². The zero-order valence-electron chi connectivity index (χ0n) is 6.55. The molecule has 0 amide bonds. The molecule has 12 heavy (non-hydrogen) atoms. The molecule has 0 aliphatic rings. The Morgan fingerprint density at radius 1 is 1.50 bits per heavy atom. The van der Waals surface area contributed by atoms with Gasteiger partial charge in [-0.15, -0.1) is 12.4 Å². The average molecular weight is 255 g/mol. The maximum Gasteiger partial charge on any atom is 0.129 e. The molecule has 1 aromatic carbocycles. The molecule has 0 saturated heterocycles. The van der Waals surface area contributed by atoms with E-state index < -0.39 is 0 Å². The van der Waals surface area contributed by atoms with Crippen LogP contribution in [0.3, 0.4) is 0 Å². The number of rotatable bonds is 1. The fourth-order valence-electron chi connectivity index (χ4n) is 0.946. The molecular weight excluding hydrogens is 244 g/mol. The van der Waals surface area contributed by atoms with Gasteiger partial charge in [-0.2, -0.15) is 0 Å². The lowest BCUT2D eigenvalue weighted by Gasteiger charge is -2.08. The topological polar surface area (TPSA) is 26.0 Å². The van der Waals surface area contributed by atoms with Crippen LogP contribution in [0.4, 0.5) is 4.39 Å². The maximum atomic E-state index is 13.0. The number of benzene rings is 1. The number of nitrogens with two attached hydrogens (primary N) is 1. The van der Waals surface area contributed by atoms with E-state index in [1.54, 1.807) is 19.1 Å². The predicted molar refractivity (Wildman–Crippen MR) is 54.0 cm³/mol. The first-order valence-electron chi connectivity index (χ1n) is 3.32. The molecule has 1 atom stereocenters. The van der Waals surface area contributed by atoms with Crippen LogP contribution >= 0.6 is 28.3 Å². The summed E-state index contributed by atoms with van der Waals surface area (Å²) < 4.78 is 13.7. The average Bonchev–Trinajstić information content (AvgIpc) is 1.85. The largest absolute Gasteiger partial charge is 0.324 e. The Bertz CT molecular complexity index is 245. The molecule has 2 N–H and O–H groups in total. The van der Waals surface area contributed by atoms with Crippen LogP contribution < -0.4 is 5.73 Å². The minimum absolute atomic E-state index is 0. The standard InChI is InChI=1S/C8H9BrFN.ClH/c1-5(11)8-6(9)3-2-4-7(8)10;/h2-5H,11H2,1H3;1H/t5-;/m0./s1. The Kier molecular flexibility index (Phi) is 4.75. The van der Waals surface area contributed by atoms with Gasteiger partial charge in [0.05, 0.1) is 0 Å². The van der Waals surface area contributed by atoms with Crippen molar-refractivity contribution in [2.24, 2.45) is 5.73 Å². The zero-order valence-corrected chi connectivity index (χ0v) is 8.95. The quantitative estimate of drug-likeness (QED) is 0.819. The summed E-state index contributed by atoms with van der Waals surface area (Å²) in [6.07, 6.45) is 0. The molecule has 0 fully saturated rings. The summed E-state index contributed by atoms with van der Waals surface area (Å²) in [5, 5.41) is 0. The van der Waals surface area contributed by atoms with Gasteiger partial charge in [-0.25, -0.2) is 4.39 Å². The molecule has 0 aromatic heterocycles. The molecule has 0 bridgehead atoms. The Morgan fingerprint density at radius 3 is 2.42 bits per heavy atom. The summed E-state index contributed by atoms with van der Waals surface area (Å²) in [6.45, 7) is 1.75. The molecule has 0 aliphatic heterocycles. The highest BCUT2D eigenvalue weighted by atomic mass is 79.9. The molecule has 0 aliphatic carbocycles. The summed E-state index contributed by atoms with van der Waals surface area (Å²) in [5.41, 5.74) is 6.08. The first-order valence-corrected chi connectivity index (χ1v) is 4.11. The van der Waals surface area contributed by atoms with Crippen LogP contribution in [-0.4, -0.2) is 0 Å². The van der Waals surface area contributed by atoms with Crippen LogP contribution in [0.5, 0.6) is 0 Å². The third-order valence-corrected chi connectivity index (χ3v) is 2.15. The van der Waals surface area contributed by atoms with E-state index in [0.717, 1.165) is 4.47 Å². The van der Waals surface area contributed by atoms with Crippen LogP contribution in [0, 0.1) is 5.82 Å². The molecule has 68 valence electrons. The van der Waals surface area contributed by atoms with Crippen molar-refractivity contribution in [3.63, 3.8) is 0 Å². The second-order valence-electron chi connectivity index (χ2n) is 2.42. The lowest BCUT2D eigenvalue weighted by Crippen LogP contribution is -2.08. The molecule has 0 unspecified atom stereocenters. The highest BCUT2D eigenvalue weighted by Gasteiger charge is 2.09. The molecule has 0 heterocycles. The maximum absolute atomic E-state index is 13.0. The monoisotopic (exact) mass is 253 g/mol. The van der Waals surface area contributed by atoms with Crippen molar-refractivity contribution < 1.29 is 4.39 Å². The van der Waals surface area contributed by atoms with Crippen molar-refractivity contribution >= 4 is 28.3 Å². The SMILES string of the molecule is C[C@H](N)c1c(F)cccc1Br.Cl. The van der Waals surface area contributed by atoms with E-state index in [1.165, 1.54) is 6.07 Å². The highest BCUT2D eigenvalue weighted by molar-refractivity contribution is 9.10. The van der Waals surface area contributed by atoms with E-state index in [-0.39, 0.29) is 24.3 Å².